The van der Waals surface area contributed by atoms with E-state index in [1.165, 1.54) is 0 Å². The summed E-state index contributed by atoms with van der Waals surface area (Å²) in [7, 11) is 0. The predicted octanol–water partition coefficient (Wildman–Crippen LogP) is -3.33. The second kappa shape index (κ2) is 15.7. The number of carboxylic acid groups (broad SMARTS) is 2. The molecular formula is CCaMgO4. The molecule has 0 aliphatic rings. The molecule has 6 heteroatoms. The summed E-state index contributed by atoms with van der Waals surface area (Å²) in [5, 5.41) is 16.7. The van der Waals surface area contributed by atoms with Crippen molar-refractivity contribution in [3.05, 3.63) is 0 Å². The number of hydrogen-bond acceptors (Lipinski definition) is 4. The van der Waals surface area contributed by atoms with Crippen LogP contribution in [0, 0.1) is 0 Å². The van der Waals surface area contributed by atoms with E-state index in [0.29, 0.717) is 21.7 Å². The maximum absolute atomic E-state index is 8.33. The van der Waals surface area contributed by atoms with E-state index in [1.807, 2.05) is 0 Å². The number of carbonyl (C=O) groups is 1. The standard InChI is InChI=1S/CH2O3.Ca.Mg.O/c2-1(3)4;;;/h(H2,2,3,4);;;/q;+2;;/p-2. The summed E-state index contributed by atoms with van der Waals surface area (Å²) in [6.45, 7) is 0. The average molecular weight is 140 g/mol. The van der Waals surface area contributed by atoms with Crippen LogP contribution in [0.1, 0.15) is 0 Å². The fraction of sp³-hybridized carbons (Fsp3) is 0. The zero-order valence-electron chi connectivity index (χ0n) is 3.55. The fourth-order valence-electron chi connectivity index (χ4n) is 0. The first-order chi connectivity index (χ1) is 2.73. The van der Waals surface area contributed by atoms with Crippen molar-refractivity contribution in [2.45, 2.75) is 0 Å². The average Bonchev–Trinajstić information content (AvgIpc) is 1.41. The van der Waals surface area contributed by atoms with Gasteiger partial charge in [-0.1, -0.05) is 0 Å². The fourth-order valence-corrected chi connectivity index (χ4v) is 0. The van der Waals surface area contributed by atoms with Crippen molar-refractivity contribution < 1.29 is 18.2 Å². The molecule has 7 heavy (non-hydrogen) atoms. The van der Waals surface area contributed by atoms with Gasteiger partial charge < -0.3 is 15.0 Å². The molecular weight excluding hydrogens is 140 g/mol. The summed E-state index contributed by atoms with van der Waals surface area (Å²) in [5.41, 5.74) is 0. The second-order valence-electron chi connectivity index (χ2n) is 0.250. The van der Waals surface area contributed by atoms with Crippen LogP contribution < -0.4 is 10.2 Å². The molecule has 0 rings (SSSR count). The maximum atomic E-state index is 8.33. The molecule has 0 saturated carbocycles. The molecule has 0 heterocycles. The molecule has 0 aliphatic heterocycles. The van der Waals surface area contributed by atoms with Crippen molar-refractivity contribution in [2.75, 3.05) is 0 Å². The molecule has 0 atom stereocenters. The zero-order valence-corrected chi connectivity index (χ0v) is 7.17. The van der Waals surface area contributed by atoms with Crippen molar-refractivity contribution >= 4 is 65.6 Å². The van der Waals surface area contributed by atoms with Gasteiger partial charge in [-0.2, -0.15) is 0 Å². The zero-order chi connectivity index (χ0) is 5.58. The number of carbonyl (C=O) groups excluding carboxylic acids is 1. The van der Waals surface area contributed by atoms with Gasteiger partial charge >= 0.3 is 62.6 Å². The number of hydrogen-bond donors (Lipinski definition) is 0. The first kappa shape index (κ1) is 15.7. The second-order valence-corrected chi connectivity index (χ2v) is 0.250. The van der Waals surface area contributed by atoms with Crippen molar-refractivity contribution in [3.63, 3.8) is 0 Å². The van der Waals surface area contributed by atoms with Crippen LogP contribution in [0.5, 0.6) is 0 Å². The van der Waals surface area contributed by atoms with Gasteiger partial charge in [0.1, 0.15) is 0 Å². The van der Waals surface area contributed by atoms with E-state index in [-0.39, 0.29) is 37.7 Å². The van der Waals surface area contributed by atoms with E-state index in [0.717, 1.165) is 0 Å². The molecule has 32 valence electrons. The third-order valence-corrected chi connectivity index (χ3v) is 0. The molecule has 0 aromatic carbocycles. The van der Waals surface area contributed by atoms with Crippen LogP contribution in [0.25, 0.3) is 0 Å². The molecule has 0 fully saturated rings. The monoisotopic (exact) mass is 140 g/mol. The molecule has 0 unspecified atom stereocenters. The van der Waals surface area contributed by atoms with E-state index in [9.17, 15) is 0 Å². The van der Waals surface area contributed by atoms with Crippen LogP contribution >= 0.6 is 0 Å². The van der Waals surface area contributed by atoms with E-state index >= 15 is 0 Å². The quantitative estimate of drug-likeness (QED) is 0.330. The Labute approximate surface area is 82.7 Å². The van der Waals surface area contributed by atoms with Crippen LogP contribution in [-0.2, 0) is 3.17 Å². The van der Waals surface area contributed by atoms with Gasteiger partial charge in [0.15, 0.2) is 0 Å². The molecule has 0 aromatic rings. The Kier molecular flexibility index (Phi) is 35.2. The van der Waals surface area contributed by atoms with Crippen LogP contribution in [0.15, 0.2) is 0 Å². The van der Waals surface area contributed by atoms with Gasteiger partial charge in [-0.3, -0.25) is 0 Å². The minimum atomic E-state index is -2.33. The van der Waals surface area contributed by atoms with Gasteiger partial charge in [0, 0.05) is 0 Å². The van der Waals surface area contributed by atoms with Crippen LogP contribution in [-0.4, -0.2) is 65.6 Å². The number of rotatable bonds is 0. The van der Waals surface area contributed by atoms with Gasteiger partial charge in [-0.15, -0.1) is 0 Å². The molecule has 0 aromatic heterocycles. The van der Waals surface area contributed by atoms with Crippen LogP contribution in [0.2, 0.25) is 0 Å². The summed E-state index contributed by atoms with van der Waals surface area (Å²) in [6, 6.07) is 0. The Morgan fingerprint density at radius 2 is 1.29 bits per heavy atom. The Hall–Kier alpha value is 1.10. The Morgan fingerprint density at radius 3 is 1.29 bits per heavy atom. The predicted molar refractivity (Wildman–Crippen MR) is 17.6 cm³/mol. The molecule has 0 bridgehead atoms. The molecule has 0 N–H and O–H groups in total. The van der Waals surface area contributed by atoms with Crippen molar-refractivity contribution in [2.24, 2.45) is 0 Å². The molecule has 0 amide bonds. The summed E-state index contributed by atoms with van der Waals surface area (Å²) in [6.07, 6.45) is -2.33. The van der Waals surface area contributed by atoms with Gasteiger partial charge in [0.05, 0.1) is 0 Å². The Morgan fingerprint density at radius 1 is 1.29 bits per heavy atom. The van der Waals surface area contributed by atoms with Gasteiger partial charge in [-0.25, -0.2) is 0 Å². The minimum absolute atomic E-state index is 0. The Balaban J connectivity index is -0.0000000480. The third-order valence-electron chi connectivity index (χ3n) is 0. The van der Waals surface area contributed by atoms with Crippen LogP contribution in [0.3, 0.4) is 0 Å². The summed E-state index contributed by atoms with van der Waals surface area (Å²) in [5.74, 6) is 0. The van der Waals surface area contributed by atoms with Crippen LogP contribution in [0.4, 0.5) is 4.79 Å². The topological polar surface area (TPSA) is 80.3 Å². The van der Waals surface area contributed by atoms with Crippen molar-refractivity contribution in [3.8, 4) is 0 Å². The van der Waals surface area contributed by atoms with Gasteiger partial charge in [-0.05, 0) is 6.16 Å². The summed E-state index contributed by atoms with van der Waals surface area (Å²) < 4.78 is 8.28. The third kappa shape index (κ3) is 153. The molecule has 0 aliphatic carbocycles. The van der Waals surface area contributed by atoms with E-state index in [1.54, 1.807) is 0 Å². The van der Waals surface area contributed by atoms with Gasteiger partial charge in [0.2, 0.25) is 0 Å². The van der Waals surface area contributed by atoms with Gasteiger partial charge in [0.25, 0.3) is 0 Å². The van der Waals surface area contributed by atoms with E-state index < -0.39 is 6.16 Å². The summed E-state index contributed by atoms with van der Waals surface area (Å²) >= 11 is 0.611. The molecule has 0 radical (unpaired) electrons. The first-order valence-electron chi connectivity index (χ1n) is 0.901. The Bertz CT molecular complexity index is 43.0. The van der Waals surface area contributed by atoms with E-state index in [2.05, 4.69) is 0 Å². The van der Waals surface area contributed by atoms with Crippen molar-refractivity contribution in [1.82, 2.24) is 0 Å². The van der Waals surface area contributed by atoms with Crippen molar-refractivity contribution in [1.29, 1.82) is 0 Å². The molecule has 0 saturated heterocycles. The summed E-state index contributed by atoms with van der Waals surface area (Å²) in [4.78, 5) is 8.33. The SMILES string of the molecule is O=C([O-])[O-].[Ca+2].[O]=[Mg]. The molecule has 0 spiro atoms. The first-order valence-corrected chi connectivity index (χ1v) is 1.48. The normalized spacial score (nSPS) is 4.29. The van der Waals surface area contributed by atoms with E-state index in [4.69, 9.17) is 18.2 Å². The molecule has 4 nitrogen and oxygen atoms in total.